The molecule has 2 aromatic heterocycles. The van der Waals surface area contributed by atoms with Crippen molar-refractivity contribution in [3.05, 3.63) is 46.4 Å². The summed E-state index contributed by atoms with van der Waals surface area (Å²) in [4.78, 5) is 18.8. The van der Waals surface area contributed by atoms with E-state index in [1.54, 1.807) is 17.5 Å². The number of thiophene rings is 1. The Bertz CT molecular complexity index is 583. The fraction of sp³-hybridized carbons (Fsp3) is 0.286. The number of hydrogen-bond donors (Lipinski definition) is 1. The maximum absolute atomic E-state index is 11.1. The van der Waals surface area contributed by atoms with Gasteiger partial charge in [-0.15, -0.1) is 11.3 Å². The molecular weight excluding hydrogens is 260 g/mol. The van der Waals surface area contributed by atoms with E-state index in [4.69, 9.17) is 5.11 Å². The van der Waals surface area contributed by atoms with Crippen molar-refractivity contribution in [2.45, 2.75) is 18.9 Å². The second-order valence-electron chi connectivity index (χ2n) is 4.54. The minimum atomic E-state index is -0.768. The Morgan fingerprint density at radius 3 is 3.11 bits per heavy atom. The molecule has 0 spiro atoms. The quantitative estimate of drug-likeness (QED) is 0.931. The van der Waals surface area contributed by atoms with Crippen molar-refractivity contribution in [1.82, 2.24) is 4.98 Å². The molecule has 98 valence electrons. The SMILES string of the molecule is O=C(O)CC(c1cccs1)N1CCc2ncccc21. The molecule has 1 aliphatic rings. The van der Waals surface area contributed by atoms with E-state index in [9.17, 15) is 4.79 Å². The Morgan fingerprint density at radius 2 is 2.37 bits per heavy atom. The molecule has 19 heavy (non-hydrogen) atoms. The maximum Gasteiger partial charge on any atom is 0.305 e. The monoisotopic (exact) mass is 274 g/mol. The number of aromatic nitrogens is 1. The second kappa shape index (κ2) is 5.01. The summed E-state index contributed by atoms with van der Waals surface area (Å²) in [6.45, 7) is 0.836. The highest BCUT2D eigenvalue weighted by Gasteiger charge is 2.29. The molecule has 0 bridgehead atoms. The van der Waals surface area contributed by atoms with Crippen LogP contribution in [-0.4, -0.2) is 22.6 Å². The summed E-state index contributed by atoms with van der Waals surface area (Å²) >= 11 is 1.61. The summed E-state index contributed by atoms with van der Waals surface area (Å²) in [6.07, 6.45) is 2.80. The molecule has 0 amide bonds. The standard InChI is InChI=1S/C14H14N2O2S/c17-14(18)9-12(13-4-2-8-19-13)16-7-5-10-11(16)3-1-6-15-10/h1-4,6,8,12H,5,7,9H2,(H,17,18). The summed E-state index contributed by atoms with van der Waals surface area (Å²) in [5.41, 5.74) is 2.14. The van der Waals surface area contributed by atoms with Crippen LogP contribution in [0.1, 0.15) is 23.0 Å². The summed E-state index contributed by atoms with van der Waals surface area (Å²) in [7, 11) is 0. The van der Waals surface area contributed by atoms with E-state index in [2.05, 4.69) is 9.88 Å². The van der Waals surface area contributed by atoms with E-state index < -0.39 is 5.97 Å². The number of carbonyl (C=O) groups is 1. The molecule has 0 radical (unpaired) electrons. The topological polar surface area (TPSA) is 53.4 Å². The van der Waals surface area contributed by atoms with Crippen molar-refractivity contribution in [3.8, 4) is 0 Å². The third-order valence-corrected chi connectivity index (χ3v) is 4.35. The molecule has 5 heteroatoms. The van der Waals surface area contributed by atoms with Gasteiger partial charge in [-0.2, -0.15) is 0 Å². The van der Waals surface area contributed by atoms with Crippen molar-refractivity contribution < 1.29 is 9.90 Å². The van der Waals surface area contributed by atoms with Crippen LogP contribution in [0.25, 0.3) is 0 Å². The van der Waals surface area contributed by atoms with Gasteiger partial charge in [0.05, 0.1) is 23.8 Å². The average Bonchev–Trinajstić information content (AvgIpc) is 3.05. The minimum absolute atomic E-state index is 0.0945. The molecule has 0 saturated carbocycles. The van der Waals surface area contributed by atoms with Crippen LogP contribution in [0.15, 0.2) is 35.8 Å². The van der Waals surface area contributed by atoms with Crippen LogP contribution in [-0.2, 0) is 11.2 Å². The fourth-order valence-electron chi connectivity index (χ4n) is 2.56. The lowest BCUT2D eigenvalue weighted by Crippen LogP contribution is -2.28. The third kappa shape index (κ3) is 2.33. The predicted molar refractivity (Wildman–Crippen MR) is 74.6 cm³/mol. The largest absolute Gasteiger partial charge is 0.481 e. The number of fused-ring (bicyclic) bond motifs is 1. The molecule has 0 fully saturated rings. The molecule has 0 saturated heterocycles. The number of rotatable bonds is 4. The second-order valence-corrected chi connectivity index (χ2v) is 5.52. The van der Waals surface area contributed by atoms with Crippen LogP contribution in [0.4, 0.5) is 5.69 Å². The van der Waals surface area contributed by atoms with Gasteiger partial charge in [0.2, 0.25) is 0 Å². The number of carboxylic acid groups (broad SMARTS) is 1. The van der Waals surface area contributed by atoms with Gasteiger partial charge in [-0.1, -0.05) is 6.07 Å². The summed E-state index contributed by atoms with van der Waals surface area (Å²) in [5, 5.41) is 11.1. The maximum atomic E-state index is 11.1. The molecule has 4 nitrogen and oxygen atoms in total. The molecule has 2 aromatic rings. The molecular formula is C14H14N2O2S. The first-order valence-corrected chi connectivity index (χ1v) is 7.09. The Balaban J connectivity index is 1.95. The third-order valence-electron chi connectivity index (χ3n) is 3.38. The molecule has 0 aliphatic carbocycles. The van der Waals surface area contributed by atoms with E-state index in [-0.39, 0.29) is 12.5 Å². The highest BCUT2D eigenvalue weighted by molar-refractivity contribution is 7.10. The van der Waals surface area contributed by atoms with Crippen LogP contribution in [0, 0.1) is 0 Å². The van der Waals surface area contributed by atoms with Gasteiger partial charge in [-0.3, -0.25) is 9.78 Å². The van der Waals surface area contributed by atoms with E-state index >= 15 is 0 Å². The van der Waals surface area contributed by atoms with Crippen LogP contribution in [0.3, 0.4) is 0 Å². The predicted octanol–water partition coefficient (Wildman–Crippen LogP) is 2.72. The van der Waals surface area contributed by atoms with E-state index in [1.807, 2.05) is 29.6 Å². The minimum Gasteiger partial charge on any atom is -0.481 e. The van der Waals surface area contributed by atoms with Crippen molar-refractivity contribution in [1.29, 1.82) is 0 Å². The van der Waals surface area contributed by atoms with Crippen molar-refractivity contribution >= 4 is 23.0 Å². The van der Waals surface area contributed by atoms with E-state index in [0.29, 0.717) is 0 Å². The fourth-order valence-corrected chi connectivity index (χ4v) is 3.40. The Kier molecular flexibility index (Phi) is 3.21. The van der Waals surface area contributed by atoms with Crippen LogP contribution < -0.4 is 4.90 Å². The molecule has 1 atom stereocenters. The molecule has 1 unspecified atom stereocenters. The van der Waals surface area contributed by atoms with Crippen molar-refractivity contribution in [3.63, 3.8) is 0 Å². The Labute approximate surface area is 115 Å². The van der Waals surface area contributed by atoms with Gasteiger partial charge in [-0.05, 0) is 23.6 Å². The Morgan fingerprint density at radius 1 is 1.47 bits per heavy atom. The average molecular weight is 274 g/mol. The Hall–Kier alpha value is -1.88. The number of aliphatic carboxylic acids is 1. The van der Waals surface area contributed by atoms with Gasteiger partial charge in [0, 0.05) is 24.0 Å². The highest BCUT2D eigenvalue weighted by Crippen LogP contribution is 2.37. The van der Waals surface area contributed by atoms with Gasteiger partial charge in [0.15, 0.2) is 0 Å². The molecule has 1 aliphatic heterocycles. The van der Waals surface area contributed by atoms with Crippen molar-refractivity contribution in [2.24, 2.45) is 0 Å². The molecule has 3 heterocycles. The van der Waals surface area contributed by atoms with Crippen LogP contribution in [0.2, 0.25) is 0 Å². The van der Waals surface area contributed by atoms with Crippen molar-refractivity contribution in [2.75, 3.05) is 11.4 Å². The lowest BCUT2D eigenvalue weighted by molar-refractivity contribution is -0.137. The molecule has 1 N–H and O–H groups in total. The lowest BCUT2D eigenvalue weighted by Gasteiger charge is -2.28. The van der Waals surface area contributed by atoms with Crippen LogP contribution >= 0.6 is 11.3 Å². The van der Waals surface area contributed by atoms with E-state index in [1.165, 1.54) is 0 Å². The smallest absolute Gasteiger partial charge is 0.305 e. The summed E-state index contributed by atoms with van der Waals surface area (Å²) in [6, 6.07) is 7.81. The summed E-state index contributed by atoms with van der Waals surface area (Å²) < 4.78 is 0. The number of carboxylic acids is 1. The van der Waals surface area contributed by atoms with Gasteiger partial charge in [0.25, 0.3) is 0 Å². The zero-order valence-corrected chi connectivity index (χ0v) is 11.1. The first-order chi connectivity index (χ1) is 9.25. The normalized spacial score (nSPS) is 15.3. The van der Waals surface area contributed by atoms with Gasteiger partial charge in [0.1, 0.15) is 0 Å². The van der Waals surface area contributed by atoms with Gasteiger partial charge in [-0.25, -0.2) is 0 Å². The first-order valence-electron chi connectivity index (χ1n) is 6.21. The van der Waals surface area contributed by atoms with E-state index in [0.717, 1.165) is 29.2 Å². The highest BCUT2D eigenvalue weighted by atomic mass is 32.1. The molecule has 0 aromatic carbocycles. The first kappa shape index (κ1) is 12.2. The number of pyridine rings is 1. The summed E-state index contributed by atoms with van der Waals surface area (Å²) in [5.74, 6) is -0.768. The lowest BCUT2D eigenvalue weighted by atomic mass is 10.1. The van der Waals surface area contributed by atoms with Gasteiger partial charge >= 0.3 is 5.97 Å². The zero-order valence-electron chi connectivity index (χ0n) is 10.3. The zero-order chi connectivity index (χ0) is 13.2. The number of nitrogens with zero attached hydrogens (tertiary/aromatic N) is 2. The molecule has 3 rings (SSSR count). The number of hydrogen-bond acceptors (Lipinski definition) is 4. The number of anilines is 1. The van der Waals surface area contributed by atoms with Crippen LogP contribution in [0.5, 0.6) is 0 Å². The van der Waals surface area contributed by atoms with Gasteiger partial charge < -0.3 is 10.0 Å².